The van der Waals surface area contributed by atoms with E-state index >= 15 is 0 Å². The maximum atomic E-state index is 13.2. The number of phenolic OH excluding ortho intramolecular Hbond substituents is 1. The molecule has 146 valence electrons. The number of amides is 1. The zero-order chi connectivity index (χ0) is 20.5. The zero-order valence-electron chi connectivity index (χ0n) is 16.0. The summed E-state index contributed by atoms with van der Waals surface area (Å²) in [6.45, 7) is 0. The summed E-state index contributed by atoms with van der Waals surface area (Å²) >= 11 is 0. The van der Waals surface area contributed by atoms with Crippen molar-refractivity contribution in [1.82, 2.24) is 0 Å². The molecule has 0 saturated heterocycles. The van der Waals surface area contributed by atoms with E-state index in [4.69, 9.17) is 4.74 Å². The second-order valence-corrected chi connectivity index (χ2v) is 7.18. The number of hydrogen-bond donors (Lipinski definition) is 1. The van der Waals surface area contributed by atoms with Crippen molar-refractivity contribution >= 4 is 17.4 Å². The second-order valence-electron chi connectivity index (χ2n) is 7.18. The smallest absolute Gasteiger partial charge is 0.232 e. The molecule has 1 aliphatic carbocycles. The number of carbonyl (C=O) groups excluding carboxylic acids is 2. The third-order valence-corrected chi connectivity index (χ3v) is 5.55. The quantitative estimate of drug-likeness (QED) is 0.864. The highest BCUT2D eigenvalue weighted by Gasteiger charge is 2.40. The van der Waals surface area contributed by atoms with E-state index in [2.05, 4.69) is 6.07 Å². The lowest BCUT2D eigenvalue weighted by Crippen LogP contribution is -2.40. The van der Waals surface area contributed by atoms with Crippen LogP contribution in [0.25, 0.3) is 0 Å². The van der Waals surface area contributed by atoms with Gasteiger partial charge in [0.1, 0.15) is 6.07 Å². The number of allylic oxidation sites excluding steroid dienone is 2. The minimum Gasteiger partial charge on any atom is -0.504 e. The number of aromatic hydroxyl groups is 1. The Morgan fingerprint density at radius 2 is 1.97 bits per heavy atom. The number of ether oxygens (including phenoxy) is 1. The van der Waals surface area contributed by atoms with Crippen LogP contribution >= 0.6 is 0 Å². The molecule has 1 heterocycles. The molecule has 6 nitrogen and oxygen atoms in total. The number of nitriles is 1. The molecule has 29 heavy (non-hydrogen) atoms. The number of anilines is 1. The number of ketones is 1. The monoisotopic (exact) mass is 388 g/mol. The van der Waals surface area contributed by atoms with Crippen LogP contribution in [0.15, 0.2) is 53.7 Å². The molecule has 1 atom stereocenters. The molecule has 1 aliphatic heterocycles. The van der Waals surface area contributed by atoms with E-state index in [9.17, 15) is 20.0 Å². The molecule has 4 rings (SSSR count). The largest absolute Gasteiger partial charge is 0.504 e. The Morgan fingerprint density at radius 1 is 1.17 bits per heavy atom. The van der Waals surface area contributed by atoms with Gasteiger partial charge in [0.25, 0.3) is 0 Å². The lowest BCUT2D eigenvalue weighted by molar-refractivity contribution is -0.119. The molecule has 0 spiro atoms. The van der Waals surface area contributed by atoms with Crippen LogP contribution in [0.4, 0.5) is 5.69 Å². The second kappa shape index (κ2) is 7.44. The number of hydrogen-bond acceptors (Lipinski definition) is 5. The Balaban J connectivity index is 1.89. The predicted molar refractivity (Wildman–Crippen MR) is 107 cm³/mol. The summed E-state index contributed by atoms with van der Waals surface area (Å²) in [5.41, 5.74) is 2.97. The third-order valence-electron chi connectivity index (χ3n) is 5.55. The Bertz CT molecular complexity index is 1080. The van der Waals surface area contributed by atoms with Gasteiger partial charge in [0.15, 0.2) is 17.3 Å². The van der Waals surface area contributed by atoms with Crippen LogP contribution in [-0.2, 0) is 9.59 Å². The molecule has 2 aromatic rings. The fourth-order valence-electron chi connectivity index (χ4n) is 4.23. The first-order valence-electron chi connectivity index (χ1n) is 9.50. The standard InChI is InChI=1S/C23H20N2O4/c1-29-21-11-14(9-10-19(21)26)16-12-22(28)25(17-6-3-2-5-15(17)13-24)18-7-4-8-20(27)23(16)18/h2-3,5-6,9-11,16,26H,4,7-8,12H2,1H3. The van der Waals surface area contributed by atoms with E-state index in [0.29, 0.717) is 47.5 Å². The maximum Gasteiger partial charge on any atom is 0.232 e. The summed E-state index contributed by atoms with van der Waals surface area (Å²) in [4.78, 5) is 27.7. The fourth-order valence-corrected chi connectivity index (χ4v) is 4.23. The molecule has 0 saturated carbocycles. The molecule has 6 heteroatoms. The van der Waals surface area contributed by atoms with E-state index in [1.807, 2.05) is 0 Å². The topological polar surface area (TPSA) is 90.6 Å². The molecule has 2 aliphatic rings. The van der Waals surface area contributed by atoms with E-state index in [0.717, 1.165) is 5.56 Å². The van der Waals surface area contributed by atoms with Crippen molar-refractivity contribution in [3.63, 3.8) is 0 Å². The van der Waals surface area contributed by atoms with Gasteiger partial charge < -0.3 is 9.84 Å². The van der Waals surface area contributed by atoms with Crippen LogP contribution in [0.2, 0.25) is 0 Å². The zero-order valence-corrected chi connectivity index (χ0v) is 16.0. The number of carbonyl (C=O) groups is 2. The molecule has 1 N–H and O–H groups in total. The lowest BCUT2D eigenvalue weighted by atomic mass is 9.77. The normalized spacial score (nSPS) is 19.0. The van der Waals surface area contributed by atoms with Crippen molar-refractivity contribution in [1.29, 1.82) is 5.26 Å². The molecule has 1 unspecified atom stereocenters. The van der Waals surface area contributed by atoms with E-state index in [1.54, 1.807) is 41.3 Å². The Kier molecular flexibility index (Phi) is 4.81. The number of benzene rings is 2. The summed E-state index contributed by atoms with van der Waals surface area (Å²) in [6, 6.07) is 14.0. The SMILES string of the molecule is COc1cc(C2CC(=O)N(c3ccccc3C#N)C3=C2C(=O)CCC3)ccc1O. The van der Waals surface area contributed by atoms with Crippen LogP contribution in [0, 0.1) is 11.3 Å². The maximum absolute atomic E-state index is 13.2. The van der Waals surface area contributed by atoms with Gasteiger partial charge in [-0.3, -0.25) is 14.5 Å². The first-order chi connectivity index (χ1) is 14.0. The summed E-state index contributed by atoms with van der Waals surface area (Å²) in [5.74, 6) is -0.219. The molecule has 0 radical (unpaired) electrons. The lowest BCUT2D eigenvalue weighted by Gasteiger charge is -2.38. The number of phenols is 1. The van der Waals surface area contributed by atoms with Gasteiger partial charge in [-0.15, -0.1) is 0 Å². The van der Waals surface area contributed by atoms with Gasteiger partial charge in [0.05, 0.1) is 18.4 Å². The minimum absolute atomic E-state index is 0.00661. The number of rotatable bonds is 3. The predicted octanol–water partition coefficient (Wildman–Crippen LogP) is 3.80. The Hall–Kier alpha value is -3.59. The van der Waals surface area contributed by atoms with Crippen LogP contribution in [0.3, 0.4) is 0 Å². The average molecular weight is 388 g/mol. The van der Waals surface area contributed by atoms with E-state index < -0.39 is 5.92 Å². The van der Waals surface area contributed by atoms with Gasteiger partial charge in [0.2, 0.25) is 5.91 Å². The van der Waals surface area contributed by atoms with Crippen LogP contribution in [0.5, 0.6) is 11.5 Å². The van der Waals surface area contributed by atoms with E-state index in [-0.39, 0.29) is 23.9 Å². The van der Waals surface area contributed by atoms with Gasteiger partial charge >= 0.3 is 0 Å². The average Bonchev–Trinajstić information content (AvgIpc) is 2.73. The van der Waals surface area contributed by atoms with Gasteiger partial charge in [0, 0.05) is 30.0 Å². The van der Waals surface area contributed by atoms with Crippen molar-refractivity contribution in [3.05, 3.63) is 64.9 Å². The molecular weight excluding hydrogens is 368 g/mol. The van der Waals surface area contributed by atoms with E-state index in [1.165, 1.54) is 13.2 Å². The van der Waals surface area contributed by atoms with Crippen LogP contribution in [0.1, 0.15) is 42.7 Å². The van der Waals surface area contributed by atoms with Crippen LogP contribution < -0.4 is 9.64 Å². The minimum atomic E-state index is -0.398. The van der Waals surface area contributed by atoms with Crippen molar-refractivity contribution in [2.24, 2.45) is 0 Å². The first kappa shape index (κ1) is 18.8. The molecule has 0 fully saturated rings. The van der Waals surface area contributed by atoms with Crippen molar-refractivity contribution < 1.29 is 19.4 Å². The van der Waals surface area contributed by atoms with Gasteiger partial charge in [-0.2, -0.15) is 5.26 Å². The fraction of sp³-hybridized carbons (Fsp3) is 0.261. The number of Topliss-reactive ketones (excluding diaryl/α,β-unsaturated/α-hetero) is 1. The number of methoxy groups -OCH3 is 1. The van der Waals surface area contributed by atoms with Crippen molar-refractivity contribution in [3.8, 4) is 17.6 Å². The molecule has 0 bridgehead atoms. The molecule has 0 aromatic heterocycles. The first-order valence-corrected chi connectivity index (χ1v) is 9.50. The number of nitrogens with zero attached hydrogens (tertiary/aromatic N) is 2. The van der Waals surface area contributed by atoms with Crippen molar-refractivity contribution in [2.45, 2.75) is 31.6 Å². The molecular formula is C23H20N2O4. The van der Waals surface area contributed by atoms with Gasteiger partial charge in [-0.05, 0) is 42.7 Å². The highest BCUT2D eigenvalue weighted by atomic mass is 16.5. The summed E-state index contributed by atoms with van der Waals surface area (Å²) in [6.07, 6.45) is 1.81. The van der Waals surface area contributed by atoms with Crippen molar-refractivity contribution in [2.75, 3.05) is 12.0 Å². The summed E-state index contributed by atoms with van der Waals surface area (Å²) in [7, 11) is 1.46. The Morgan fingerprint density at radius 3 is 2.72 bits per heavy atom. The van der Waals surface area contributed by atoms with Crippen LogP contribution in [-0.4, -0.2) is 23.9 Å². The van der Waals surface area contributed by atoms with Gasteiger partial charge in [-0.25, -0.2) is 0 Å². The summed E-state index contributed by atoms with van der Waals surface area (Å²) < 4.78 is 5.20. The third kappa shape index (κ3) is 3.15. The summed E-state index contributed by atoms with van der Waals surface area (Å²) in [5, 5.41) is 19.4. The Labute approximate surface area is 168 Å². The molecule has 2 aromatic carbocycles. The van der Waals surface area contributed by atoms with Gasteiger partial charge in [-0.1, -0.05) is 18.2 Å². The highest BCUT2D eigenvalue weighted by Crippen LogP contribution is 2.45. The number of para-hydroxylation sites is 1. The molecule has 1 amide bonds. The highest BCUT2D eigenvalue weighted by molar-refractivity contribution is 6.08.